The van der Waals surface area contributed by atoms with Gasteiger partial charge in [0.05, 0.1) is 13.5 Å². The van der Waals surface area contributed by atoms with Crippen LogP contribution in [0.4, 0.5) is 17.5 Å². The molecule has 1 aromatic heterocycles. The number of aryl methyl sites for hydroxylation is 1. The van der Waals surface area contributed by atoms with Crippen molar-refractivity contribution in [3.63, 3.8) is 0 Å². The number of halogens is 1. The molecule has 0 aliphatic carbocycles. The molecule has 1 amide bonds. The van der Waals surface area contributed by atoms with E-state index in [4.69, 9.17) is 21.3 Å². The molecular weight excluding hydrogens is 426 g/mol. The van der Waals surface area contributed by atoms with Crippen LogP contribution in [0.1, 0.15) is 11.3 Å². The molecule has 32 heavy (non-hydrogen) atoms. The Hall–Kier alpha value is -3.32. The van der Waals surface area contributed by atoms with Crippen molar-refractivity contribution >= 4 is 35.0 Å². The Labute approximate surface area is 193 Å². The predicted molar refractivity (Wildman–Crippen MR) is 127 cm³/mol. The van der Waals surface area contributed by atoms with Crippen molar-refractivity contribution in [3.05, 3.63) is 70.9 Å². The number of nitrogens with zero attached hydrogens (tertiary/aromatic N) is 4. The number of nitrogens with one attached hydrogen (secondary N) is 1. The van der Waals surface area contributed by atoms with E-state index in [0.717, 1.165) is 28.5 Å². The quantitative estimate of drug-likeness (QED) is 0.609. The molecule has 0 unspecified atom stereocenters. The van der Waals surface area contributed by atoms with Gasteiger partial charge in [0.2, 0.25) is 11.9 Å². The topological polar surface area (TPSA) is 70.6 Å². The summed E-state index contributed by atoms with van der Waals surface area (Å²) in [5, 5.41) is 3.95. The smallest absolute Gasteiger partial charge is 0.227 e. The summed E-state index contributed by atoms with van der Waals surface area (Å²) in [5.74, 6) is 2.29. The number of carbonyl (C=O) groups is 1. The summed E-state index contributed by atoms with van der Waals surface area (Å²) in [7, 11) is 1.65. The summed E-state index contributed by atoms with van der Waals surface area (Å²) in [6, 6.07) is 17.1. The molecule has 1 fully saturated rings. The average Bonchev–Trinajstić information content (AvgIpc) is 2.81. The van der Waals surface area contributed by atoms with E-state index >= 15 is 0 Å². The number of aromatic nitrogens is 2. The molecule has 0 bridgehead atoms. The largest absolute Gasteiger partial charge is 0.497 e. The number of piperazine rings is 1. The Kier molecular flexibility index (Phi) is 6.75. The fourth-order valence-corrected chi connectivity index (χ4v) is 3.86. The number of methoxy groups -OCH3 is 1. The first kappa shape index (κ1) is 21.9. The molecule has 1 aliphatic heterocycles. The fraction of sp³-hybridized carbons (Fsp3) is 0.292. The third kappa shape index (κ3) is 5.29. The van der Waals surface area contributed by atoms with Gasteiger partial charge in [0.1, 0.15) is 11.6 Å². The minimum absolute atomic E-state index is 0.0878. The Morgan fingerprint density at radius 2 is 1.78 bits per heavy atom. The summed E-state index contributed by atoms with van der Waals surface area (Å²) < 4.78 is 5.21. The van der Waals surface area contributed by atoms with Crippen LogP contribution in [0.3, 0.4) is 0 Å². The third-order valence-electron chi connectivity index (χ3n) is 5.42. The van der Waals surface area contributed by atoms with Crippen LogP contribution in [0.5, 0.6) is 5.75 Å². The van der Waals surface area contributed by atoms with E-state index in [9.17, 15) is 4.79 Å². The van der Waals surface area contributed by atoms with Gasteiger partial charge < -0.3 is 19.9 Å². The molecule has 8 heteroatoms. The molecular formula is C24H26ClN5O2. The first-order valence-electron chi connectivity index (χ1n) is 10.5. The fourth-order valence-electron chi connectivity index (χ4n) is 3.65. The summed E-state index contributed by atoms with van der Waals surface area (Å²) in [6.45, 7) is 4.57. The molecule has 4 rings (SSSR count). The highest BCUT2D eigenvalue weighted by Gasteiger charge is 2.23. The maximum Gasteiger partial charge on any atom is 0.227 e. The SMILES string of the molecule is COc1ccc(Nc2cc(C)nc(N3CCN(C(=O)Cc4ccccc4Cl)CC3)n2)cc1. The van der Waals surface area contributed by atoms with Crippen LogP contribution >= 0.6 is 11.6 Å². The van der Waals surface area contributed by atoms with Gasteiger partial charge in [-0.2, -0.15) is 4.98 Å². The highest BCUT2D eigenvalue weighted by molar-refractivity contribution is 6.31. The Balaban J connectivity index is 1.38. The van der Waals surface area contributed by atoms with E-state index in [1.807, 2.05) is 66.4 Å². The minimum atomic E-state index is 0.0878. The van der Waals surface area contributed by atoms with Crippen LogP contribution < -0.4 is 15.0 Å². The molecule has 1 N–H and O–H groups in total. The molecule has 2 aromatic carbocycles. The lowest BCUT2D eigenvalue weighted by Gasteiger charge is -2.35. The lowest BCUT2D eigenvalue weighted by Crippen LogP contribution is -2.49. The van der Waals surface area contributed by atoms with Gasteiger partial charge >= 0.3 is 0 Å². The van der Waals surface area contributed by atoms with Gasteiger partial charge in [0, 0.05) is 48.6 Å². The number of hydrogen-bond acceptors (Lipinski definition) is 6. The van der Waals surface area contributed by atoms with Crippen LogP contribution in [-0.2, 0) is 11.2 Å². The first-order valence-corrected chi connectivity index (χ1v) is 10.9. The van der Waals surface area contributed by atoms with E-state index in [0.29, 0.717) is 43.6 Å². The summed E-state index contributed by atoms with van der Waals surface area (Å²) in [4.78, 5) is 26.0. The van der Waals surface area contributed by atoms with Crippen molar-refractivity contribution in [2.24, 2.45) is 0 Å². The van der Waals surface area contributed by atoms with E-state index < -0.39 is 0 Å². The zero-order valence-electron chi connectivity index (χ0n) is 18.2. The van der Waals surface area contributed by atoms with E-state index in [1.54, 1.807) is 7.11 Å². The standard InChI is InChI=1S/C24H26ClN5O2/c1-17-15-22(27-19-7-9-20(32-2)10-8-19)28-24(26-17)30-13-11-29(12-14-30)23(31)16-18-5-3-4-6-21(18)25/h3-10,15H,11-14,16H2,1-2H3,(H,26,27,28). The van der Waals surface area contributed by atoms with Crippen molar-refractivity contribution in [2.45, 2.75) is 13.3 Å². The Morgan fingerprint density at radius 1 is 1.06 bits per heavy atom. The predicted octanol–water partition coefficient (Wildman–Crippen LogP) is 4.08. The summed E-state index contributed by atoms with van der Waals surface area (Å²) in [6.07, 6.45) is 0.316. The second-order valence-electron chi connectivity index (χ2n) is 7.68. The molecule has 0 saturated carbocycles. The van der Waals surface area contributed by atoms with E-state index in [2.05, 4.69) is 15.2 Å². The zero-order valence-corrected chi connectivity index (χ0v) is 19.0. The van der Waals surface area contributed by atoms with Crippen molar-refractivity contribution in [1.82, 2.24) is 14.9 Å². The van der Waals surface area contributed by atoms with Crippen molar-refractivity contribution < 1.29 is 9.53 Å². The van der Waals surface area contributed by atoms with Crippen LogP contribution in [0, 0.1) is 6.92 Å². The van der Waals surface area contributed by atoms with Gasteiger partial charge in [-0.1, -0.05) is 29.8 Å². The number of anilines is 3. The maximum absolute atomic E-state index is 12.7. The van der Waals surface area contributed by atoms with Gasteiger partial charge in [-0.3, -0.25) is 4.79 Å². The van der Waals surface area contributed by atoms with Crippen LogP contribution in [0.2, 0.25) is 5.02 Å². The van der Waals surface area contributed by atoms with Gasteiger partial charge in [0.15, 0.2) is 0 Å². The monoisotopic (exact) mass is 451 g/mol. The lowest BCUT2D eigenvalue weighted by molar-refractivity contribution is -0.130. The minimum Gasteiger partial charge on any atom is -0.497 e. The summed E-state index contributed by atoms with van der Waals surface area (Å²) >= 11 is 6.21. The molecule has 2 heterocycles. The highest BCUT2D eigenvalue weighted by Crippen LogP contribution is 2.22. The third-order valence-corrected chi connectivity index (χ3v) is 5.79. The number of ether oxygens (including phenoxy) is 1. The van der Waals surface area contributed by atoms with Crippen LogP contribution in [-0.4, -0.2) is 54.1 Å². The van der Waals surface area contributed by atoms with Gasteiger partial charge in [-0.15, -0.1) is 0 Å². The number of carbonyl (C=O) groups excluding carboxylic acids is 1. The second kappa shape index (κ2) is 9.87. The highest BCUT2D eigenvalue weighted by atomic mass is 35.5. The molecule has 0 radical (unpaired) electrons. The van der Waals surface area contributed by atoms with Gasteiger partial charge in [-0.05, 0) is 42.8 Å². The number of benzene rings is 2. The van der Waals surface area contributed by atoms with E-state index in [1.165, 1.54) is 0 Å². The number of rotatable bonds is 6. The second-order valence-corrected chi connectivity index (χ2v) is 8.09. The Morgan fingerprint density at radius 3 is 2.47 bits per heavy atom. The van der Waals surface area contributed by atoms with Crippen LogP contribution in [0.25, 0.3) is 0 Å². The molecule has 3 aromatic rings. The van der Waals surface area contributed by atoms with Gasteiger partial charge in [-0.25, -0.2) is 4.98 Å². The van der Waals surface area contributed by atoms with Crippen molar-refractivity contribution in [2.75, 3.05) is 43.5 Å². The molecule has 1 aliphatic rings. The zero-order chi connectivity index (χ0) is 22.5. The maximum atomic E-state index is 12.7. The lowest BCUT2D eigenvalue weighted by atomic mass is 10.1. The molecule has 0 spiro atoms. The first-order chi connectivity index (χ1) is 15.5. The Bertz CT molecular complexity index is 1080. The molecule has 7 nitrogen and oxygen atoms in total. The molecule has 166 valence electrons. The molecule has 1 saturated heterocycles. The van der Waals surface area contributed by atoms with Crippen molar-refractivity contribution in [3.8, 4) is 5.75 Å². The van der Waals surface area contributed by atoms with E-state index in [-0.39, 0.29) is 5.91 Å². The number of hydrogen-bond donors (Lipinski definition) is 1. The van der Waals surface area contributed by atoms with Crippen LogP contribution in [0.15, 0.2) is 54.6 Å². The molecule has 0 atom stereocenters. The number of amides is 1. The normalized spacial score (nSPS) is 13.7. The summed E-state index contributed by atoms with van der Waals surface area (Å²) in [5.41, 5.74) is 2.66. The average molecular weight is 452 g/mol. The van der Waals surface area contributed by atoms with Crippen molar-refractivity contribution in [1.29, 1.82) is 0 Å². The van der Waals surface area contributed by atoms with Gasteiger partial charge in [0.25, 0.3) is 0 Å².